The molecule has 2 aromatic heterocycles. The molecule has 0 atom stereocenters. The Labute approximate surface area is 148 Å². The summed E-state index contributed by atoms with van der Waals surface area (Å²) in [5, 5.41) is 10.9. The molecule has 3 aromatic rings. The Bertz CT molecular complexity index is 1070. The van der Waals surface area contributed by atoms with Crippen LogP contribution < -0.4 is 10.9 Å². The Kier molecular flexibility index (Phi) is 4.53. The van der Waals surface area contributed by atoms with E-state index in [9.17, 15) is 14.4 Å². The largest absolute Gasteiger partial charge is 0.480 e. The first kappa shape index (κ1) is 17.3. The van der Waals surface area contributed by atoms with Gasteiger partial charge in [-0.1, -0.05) is 30.3 Å². The SMILES string of the molecule is Cc1c(C(=O)NCC(=O)O)c(=O)n(C)c2cc(-c3ccccc3)cnc12. The molecule has 0 fully saturated rings. The fourth-order valence-corrected chi connectivity index (χ4v) is 2.85. The number of nitrogens with one attached hydrogen (secondary N) is 1. The number of pyridine rings is 2. The van der Waals surface area contributed by atoms with Crippen LogP contribution in [0.25, 0.3) is 22.2 Å². The van der Waals surface area contributed by atoms with Crippen molar-refractivity contribution in [2.75, 3.05) is 6.54 Å². The summed E-state index contributed by atoms with van der Waals surface area (Å²) >= 11 is 0. The predicted octanol–water partition coefficient (Wildman–Crippen LogP) is 1.72. The van der Waals surface area contributed by atoms with E-state index >= 15 is 0 Å². The highest BCUT2D eigenvalue weighted by Crippen LogP contribution is 2.24. The van der Waals surface area contributed by atoms with Gasteiger partial charge in [-0.25, -0.2) is 0 Å². The zero-order valence-electron chi connectivity index (χ0n) is 14.3. The van der Waals surface area contributed by atoms with Crippen molar-refractivity contribution in [3.8, 4) is 11.1 Å². The van der Waals surface area contributed by atoms with Crippen LogP contribution in [0.4, 0.5) is 0 Å². The van der Waals surface area contributed by atoms with Crippen molar-refractivity contribution in [2.24, 2.45) is 7.05 Å². The number of carbonyl (C=O) groups is 2. The van der Waals surface area contributed by atoms with Gasteiger partial charge in [0, 0.05) is 18.8 Å². The summed E-state index contributed by atoms with van der Waals surface area (Å²) in [6.07, 6.45) is 1.69. The van der Waals surface area contributed by atoms with Gasteiger partial charge in [-0.15, -0.1) is 0 Å². The van der Waals surface area contributed by atoms with Gasteiger partial charge in [-0.3, -0.25) is 19.4 Å². The number of carboxylic acid groups (broad SMARTS) is 1. The molecule has 0 radical (unpaired) electrons. The van der Waals surface area contributed by atoms with E-state index in [0.29, 0.717) is 16.6 Å². The number of nitrogens with zero attached hydrogens (tertiary/aromatic N) is 2. The molecule has 1 amide bonds. The van der Waals surface area contributed by atoms with Gasteiger partial charge in [0.1, 0.15) is 12.1 Å². The van der Waals surface area contributed by atoms with Crippen LogP contribution in [0.15, 0.2) is 47.4 Å². The summed E-state index contributed by atoms with van der Waals surface area (Å²) in [5.41, 5.74) is 2.78. The van der Waals surface area contributed by atoms with Crippen LogP contribution in [0.3, 0.4) is 0 Å². The van der Waals surface area contributed by atoms with Crippen molar-refractivity contribution in [3.63, 3.8) is 0 Å². The van der Waals surface area contributed by atoms with Crippen molar-refractivity contribution in [3.05, 3.63) is 64.1 Å². The number of fused-ring (bicyclic) bond motifs is 1. The summed E-state index contributed by atoms with van der Waals surface area (Å²) in [6, 6.07) is 11.5. The molecule has 2 N–H and O–H groups in total. The van der Waals surface area contributed by atoms with Crippen LogP contribution in [0.1, 0.15) is 15.9 Å². The Balaban J connectivity index is 2.16. The van der Waals surface area contributed by atoms with Gasteiger partial charge in [-0.2, -0.15) is 0 Å². The molecule has 0 aliphatic heterocycles. The van der Waals surface area contributed by atoms with E-state index in [-0.39, 0.29) is 5.56 Å². The zero-order chi connectivity index (χ0) is 18.8. The summed E-state index contributed by atoms with van der Waals surface area (Å²) < 4.78 is 1.36. The van der Waals surface area contributed by atoms with Gasteiger partial charge in [-0.05, 0) is 24.1 Å². The molecule has 1 aromatic carbocycles. The number of amides is 1. The smallest absolute Gasteiger partial charge is 0.322 e. The van der Waals surface area contributed by atoms with E-state index in [1.807, 2.05) is 36.4 Å². The lowest BCUT2D eigenvalue weighted by atomic mass is 10.0. The average molecular weight is 351 g/mol. The van der Waals surface area contributed by atoms with Crippen molar-refractivity contribution < 1.29 is 14.7 Å². The third-order valence-corrected chi connectivity index (χ3v) is 4.21. The highest BCUT2D eigenvalue weighted by atomic mass is 16.4. The number of benzene rings is 1. The standard InChI is InChI=1S/C19H17N3O4/c1-11-16(18(25)21-10-15(23)24)19(26)22(2)14-8-13(9-20-17(11)14)12-6-4-3-5-7-12/h3-9H,10H2,1-2H3,(H,21,25)(H,23,24). The minimum Gasteiger partial charge on any atom is -0.480 e. The summed E-state index contributed by atoms with van der Waals surface area (Å²) in [5.74, 6) is -1.90. The third kappa shape index (κ3) is 3.06. The predicted molar refractivity (Wildman–Crippen MR) is 97.1 cm³/mol. The lowest BCUT2D eigenvalue weighted by Gasteiger charge is -2.13. The molecular weight excluding hydrogens is 334 g/mol. The Morgan fingerprint density at radius 3 is 2.54 bits per heavy atom. The molecule has 2 heterocycles. The second kappa shape index (κ2) is 6.79. The number of carboxylic acids is 1. The average Bonchev–Trinajstić information content (AvgIpc) is 2.65. The number of hydrogen-bond acceptors (Lipinski definition) is 4. The monoisotopic (exact) mass is 351 g/mol. The molecule has 7 nitrogen and oxygen atoms in total. The molecule has 0 saturated carbocycles. The Morgan fingerprint density at radius 2 is 1.88 bits per heavy atom. The van der Waals surface area contributed by atoms with Gasteiger partial charge < -0.3 is 15.0 Å². The fourth-order valence-electron chi connectivity index (χ4n) is 2.85. The molecule has 0 saturated heterocycles. The lowest BCUT2D eigenvalue weighted by Crippen LogP contribution is -2.36. The maximum absolute atomic E-state index is 12.7. The van der Waals surface area contributed by atoms with Crippen LogP contribution in [0, 0.1) is 6.92 Å². The van der Waals surface area contributed by atoms with Crippen LogP contribution in [0.5, 0.6) is 0 Å². The van der Waals surface area contributed by atoms with Crippen molar-refractivity contribution in [2.45, 2.75) is 6.92 Å². The van der Waals surface area contributed by atoms with Crippen LogP contribution >= 0.6 is 0 Å². The van der Waals surface area contributed by atoms with E-state index in [1.54, 1.807) is 20.2 Å². The normalized spacial score (nSPS) is 10.7. The quantitative estimate of drug-likeness (QED) is 0.745. The molecule has 132 valence electrons. The topological polar surface area (TPSA) is 101 Å². The van der Waals surface area contributed by atoms with E-state index in [2.05, 4.69) is 10.3 Å². The van der Waals surface area contributed by atoms with Crippen LogP contribution in [-0.4, -0.2) is 33.1 Å². The van der Waals surface area contributed by atoms with Crippen molar-refractivity contribution in [1.29, 1.82) is 0 Å². The Morgan fingerprint density at radius 1 is 1.19 bits per heavy atom. The lowest BCUT2D eigenvalue weighted by molar-refractivity contribution is -0.135. The number of hydrogen-bond donors (Lipinski definition) is 2. The Hall–Kier alpha value is -3.48. The minimum absolute atomic E-state index is 0.0961. The molecule has 3 rings (SSSR count). The van der Waals surface area contributed by atoms with E-state index in [0.717, 1.165) is 11.1 Å². The maximum Gasteiger partial charge on any atom is 0.322 e. The highest BCUT2D eigenvalue weighted by molar-refractivity contribution is 6.00. The van der Waals surface area contributed by atoms with Crippen LogP contribution in [0.2, 0.25) is 0 Å². The second-order valence-electron chi connectivity index (χ2n) is 5.90. The summed E-state index contributed by atoms with van der Waals surface area (Å²) in [7, 11) is 1.56. The van der Waals surface area contributed by atoms with Crippen LogP contribution in [-0.2, 0) is 11.8 Å². The van der Waals surface area contributed by atoms with Gasteiger partial charge in [0.25, 0.3) is 11.5 Å². The van der Waals surface area contributed by atoms with Gasteiger partial charge >= 0.3 is 5.97 Å². The van der Waals surface area contributed by atoms with E-state index in [4.69, 9.17) is 5.11 Å². The van der Waals surface area contributed by atoms with E-state index in [1.165, 1.54) is 4.57 Å². The number of aromatic nitrogens is 2. The fraction of sp³-hybridized carbons (Fsp3) is 0.158. The first-order valence-corrected chi connectivity index (χ1v) is 7.95. The molecule has 0 spiro atoms. The molecular formula is C19H17N3O4. The number of rotatable bonds is 4. The molecule has 0 unspecified atom stereocenters. The molecule has 0 aliphatic rings. The number of aliphatic carboxylic acids is 1. The molecule has 7 heteroatoms. The first-order valence-electron chi connectivity index (χ1n) is 7.95. The van der Waals surface area contributed by atoms with Gasteiger partial charge in [0.05, 0.1) is 11.0 Å². The second-order valence-corrected chi connectivity index (χ2v) is 5.90. The first-order chi connectivity index (χ1) is 12.4. The number of carbonyl (C=O) groups excluding carboxylic acids is 1. The minimum atomic E-state index is -1.18. The third-order valence-electron chi connectivity index (χ3n) is 4.21. The maximum atomic E-state index is 12.7. The van der Waals surface area contributed by atoms with Gasteiger partial charge in [0.15, 0.2) is 0 Å². The zero-order valence-corrected chi connectivity index (χ0v) is 14.3. The highest BCUT2D eigenvalue weighted by Gasteiger charge is 2.20. The molecule has 26 heavy (non-hydrogen) atoms. The van der Waals surface area contributed by atoms with E-state index < -0.39 is 24.0 Å². The van der Waals surface area contributed by atoms with Gasteiger partial charge in [0.2, 0.25) is 0 Å². The van der Waals surface area contributed by atoms with Crippen molar-refractivity contribution >= 4 is 22.9 Å². The number of aryl methyl sites for hydroxylation is 2. The molecule has 0 aliphatic carbocycles. The summed E-state index contributed by atoms with van der Waals surface area (Å²) in [4.78, 5) is 40.0. The molecule has 0 bridgehead atoms. The van der Waals surface area contributed by atoms with Crippen molar-refractivity contribution in [1.82, 2.24) is 14.9 Å². The summed E-state index contributed by atoms with van der Waals surface area (Å²) in [6.45, 7) is 1.08.